The Morgan fingerprint density at radius 3 is 2.27 bits per heavy atom. The maximum atomic E-state index is 11.0. The van der Waals surface area contributed by atoms with Crippen molar-refractivity contribution in [3.63, 3.8) is 0 Å². The van der Waals surface area contributed by atoms with Crippen LogP contribution < -0.4 is 0 Å². The van der Waals surface area contributed by atoms with Gasteiger partial charge in [0, 0.05) is 6.61 Å². The minimum absolute atomic E-state index is 0.0621. The molecule has 0 aliphatic rings. The summed E-state index contributed by atoms with van der Waals surface area (Å²) in [7, 11) is 0. The summed E-state index contributed by atoms with van der Waals surface area (Å²) >= 11 is 0. The number of hydrogen-bond donors (Lipinski definition) is 0. The van der Waals surface area contributed by atoms with Gasteiger partial charge in [-0.25, -0.2) is 0 Å². The maximum absolute atomic E-state index is 11.0. The standard InChI is InChI=1S/C8H16O3/c1-5-10-6-11-7(9)8(2,3)4/h5-6H2,1-4H3. The van der Waals surface area contributed by atoms with Crippen LogP contribution in [0, 0.1) is 5.41 Å². The van der Waals surface area contributed by atoms with Crippen LogP contribution in [0.5, 0.6) is 0 Å². The van der Waals surface area contributed by atoms with E-state index >= 15 is 0 Å². The lowest BCUT2D eigenvalue weighted by molar-refractivity contribution is -0.165. The zero-order valence-electron chi connectivity index (χ0n) is 7.64. The van der Waals surface area contributed by atoms with Gasteiger partial charge in [-0.2, -0.15) is 0 Å². The summed E-state index contributed by atoms with van der Waals surface area (Å²) in [5.74, 6) is -0.231. The van der Waals surface area contributed by atoms with Crippen LogP contribution in [0.1, 0.15) is 27.7 Å². The maximum Gasteiger partial charge on any atom is 0.313 e. The summed E-state index contributed by atoms with van der Waals surface area (Å²) in [6.07, 6.45) is 0. The normalized spacial score (nSPS) is 11.3. The SMILES string of the molecule is CCOCOC(=O)C(C)(C)C. The van der Waals surface area contributed by atoms with Crippen LogP contribution in [0.4, 0.5) is 0 Å². The van der Waals surface area contributed by atoms with Gasteiger partial charge in [0.25, 0.3) is 0 Å². The lowest BCUT2D eigenvalue weighted by Crippen LogP contribution is -2.23. The first-order valence-electron chi connectivity index (χ1n) is 3.73. The number of esters is 1. The average molecular weight is 160 g/mol. The molecule has 0 fully saturated rings. The van der Waals surface area contributed by atoms with Crippen LogP contribution in [-0.4, -0.2) is 19.4 Å². The van der Waals surface area contributed by atoms with E-state index < -0.39 is 5.41 Å². The van der Waals surface area contributed by atoms with Crippen molar-refractivity contribution in [1.82, 2.24) is 0 Å². The molecule has 11 heavy (non-hydrogen) atoms. The van der Waals surface area contributed by atoms with Gasteiger partial charge < -0.3 is 9.47 Å². The second kappa shape index (κ2) is 4.34. The van der Waals surface area contributed by atoms with E-state index in [1.54, 1.807) is 20.8 Å². The Bertz CT molecular complexity index is 124. The minimum Gasteiger partial charge on any atom is -0.438 e. The van der Waals surface area contributed by atoms with Crippen LogP contribution in [0.25, 0.3) is 0 Å². The number of carbonyl (C=O) groups excluding carboxylic acids is 1. The van der Waals surface area contributed by atoms with Crippen molar-refractivity contribution >= 4 is 5.97 Å². The molecule has 0 atom stereocenters. The second-order valence-electron chi connectivity index (χ2n) is 3.29. The fraction of sp³-hybridized carbons (Fsp3) is 0.875. The molecule has 0 aromatic carbocycles. The van der Waals surface area contributed by atoms with Gasteiger partial charge in [-0.1, -0.05) is 0 Å². The van der Waals surface area contributed by atoms with E-state index in [-0.39, 0.29) is 12.8 Å². The summed E-state index contributed by atoms with van der Waals surface area (Å²) < 4.78 is 9.64. The molecule has 3 heteroatoms. The van der Waals surface area contributed by atoms with Crippen molar-refractivity contribution in [3.8, 4) is 0 Å². The summed E-state index contributed by atoms with van der Waals surface area (Å²) in [5, 5.41) is 0. The average Bonchev–Trinajstić information content (AvgIpc) is 1.86. The van der Waals surface area contributed by atoms with E-state index in [1.165, 1.54) is 0 Å². The molecule has 0 unspecified atom stereocenters. The van der Waals surface area contributed by atoms with E-state index in [0.717, 1.165) is 0 Å². The van der Waals surface area contributed by atoms with Crippen molar-refractivity contribution in [2.75, 3.05) is 13.4 Å². The van der Waals surface area contributed by atoms with Gasteiger partial charge in [0.1, 0.15) is 0 Å². The quantitative estimate of drug-likeness (QED) is 0.357. The molecule has 0 spiro atoms. The number of rotatable bonds is 3. The highest BCUT2D eigenvalue weighted by molar-refractivity contribution is 5.75. The molecule has 0 rings (SSSR count). The van der Waals surface area contributed by atoms with E-state index in [0.29, 0.717) is 6.61 Å². The number of hydrogen-bond acceptors (Lipinski definition) is 3. The van der Waals surface area contributed by atoms with Crippen LogP contribution in [0.2, 0.25) is 0 Å². The molecule has 0 aliphatic heterocycles. The van der Waals surface area contributed by atoms with E-state index in [2.05, 4.69) is 0 Å². The summed E-state index contributed by atoms with van der Waals surface area (Å²) in [5.41, 5.74) is -0.433. The molecular formula is C8H16O3. The predicted octanol–water partition coefficient (Wildman–Crippen LogP) is 1.57. The minimum atomic E-state index is -0.433. The third kappa shape index (κ3) is 4.79. The number of carbonyl (C=O) groups is 1. The Balaban J connectivity index is 3.54. The van der Waals surface area contributed by atoms with Gasteiger partial charge in [-0.3, -0.25) is 4.79 Å². The first kappa shape index (κ1) is 10.4. The van der Waals surface area contributed by atoms with Gasteiger partial charge in [0.2, 0.25) is 0 Å². The first-order chi connectivity index (χ1) is 4.98. The molecule has 66 valence electrons. The molecular weight excluding hydrogens is 144 g/mol. The molecule has 0 aliphatic carbocycles. The highest BCUT2D eigenvalue weighted by atomic mass is 16.7. The van der Waals surface area contributed by atoms with E-state index in [4.69, 9.17) is 9.47 Å². The number of ether oxygens (including phenoxy) is 2. The lowest BCUT2D eigenvalue weighted by atomic mass is 9.98. The molecule has 3 nitrogen and oxygen atoms in total. The largest absolute Gasteiger partial charge is 0.438 e. The molecule has 0 N–H and O–H groups in total. The van der Waals surface area contributed by atoms with Gasteiger partial charge in [-0.15, -0.1) is 0 Å². The predicted molar refractivity (Wildman–Crippen MR) is 42.0 cm³/mol. The summed E-state index contributed by atoms with van der Waals surface area (Å²) in [4.78, 5) is 11.0. The first-order valence-corrected chi connectivity index (χ1v) is 3.73. The summed E-state index contributed by atoms with van der Waals surface area (Å²) in [6, 6.07) is 0. The van der Waals surface area contributed by atoms with Crippen LogP contribution >= 0.6 is 0 Å². The fourth-order valence-electron chi connectivity index (χ4n) is 0.395. The zero-order chi connectivity index (χ0) is 8.91. The smallest absolute Gasteiger partial charge is 0.313 e. The second-order valence-corrected chi connectivity index (χ2v) is 3.29. The van der Waals surface area contributed by atoms with Crippen molar-refractivity contribution in [2.24, 2.45) is 5.41 Å². The Kier molecular flexibility index (Phi) is 4.11. The van der Waals surface area contributed by atoms with E-state index in [1.807, 2.05) is 6.92 Å². The van der Waals surface area contributed by atoms with Gasteiger partial charge >= 0.3 is 5.97 Å². The van der Waals surface area contributed by atoms with Crippen molar-refractivity contribution < 1.29 is 14.3 Å². The van der Waals surface area contributed by atoms with Gasteiger partial charge in [0.05, 0.1) is 5.41 Å². The lowest BCUT2D eigenvalue weighted by Gasteiger charge is -2.15. The molecule has 0 heterocycles. The van der Waals surface area contributed by atoms with Crippen LogP contribution in [0.3, 0.4) is 0 Å². The molecule has 0 amide bonds. The van der Waals surface area contributed by atoms with Crippen molar-refractivity contribution in [2.45, 2.75) is 27.7 Å². The van der Waals surface area contributed by atoms with Crippen molar-refractivity contribution in [1.29, 1.82) is 0 Å². The Morgan fingerprint density at radius 2 is 1.91 bits per heavy atom. The highest BCUT2D eigenvalue weighted by Crippen LogP contribution is 2.14. The Morgan fingerprint density at radius 1 is 1.36 bits per heavy atom. The molecule has 0 saturated heterocycles. The van der Waals surface area contributed by atoms with Gasteiger partial charge in [0.15, 0.2) is 6.79 Å². The third-order valence-electron chi connectivity index (χ3n) is 1.09. The van der Waals surface area contributed by atoms with Crippen molar-refractivity contribution in [3.05, 3.63) is 0 Å². The highest BCUT2D eigenvalue weighted by Gasteiger charge is 2.22. The molecule has 0 bridgehead atoms. The fourth-order valence-corrected chi connectivity index (χ4v) is 0.395. The molecule has 0 radical (unpaired) electrons. The Hall–Kier alpha value is -0.570. The van der Waals surface area contributed by atoms with Crippen LogP contribution in [-0.2, 0) is 14.3 Å². The van der Waals surface area contributed by atoms with Gasteiger partial charge in [-0.05, 0) is 27.7 Å². The summed E-state index contributed by atoms with van der Waals surface area (Å²) in [6.45, 7) is 7.90. The molecule has 0 aromatic heterocycles. The topological polar surface area (TPSA) is 35.5 Å². The van der Waals surface area contributed by atoms with Crippen LogP contribution in [0.15, 0.2) is 0 Å². The zero-order valence-corrected chi connectivity index (χ0v) is 7.64. The Labute approximate surface area is 67.7 Å². The molecule has 0 aromatic rings. The monoisotopic (exact) mass is 160 g/mol. The third-order valence-corrected chi connectivity index (χ3v) is 1.09. The molecule has 0 saturated carbocycles. The van der Waals surface area contributed by atoms with E-state index in [9.17, 15) is 4.79 Å².